The molecule has 1 N–H and O–H groups in total. The van der Waals surface area contributed by atoms with Crippen LogP contribution >= 0.6 is 11.8 Å². The Morgan fingerprint density at radius 1 is 1.53 bits per heavy atom. The van der Waals surface area contributed by atoms with Gasteiger partial charge in [0.25, 0.3) is 5.69 Å². The zero-order valence-corrected chi connectivity index (χ0v) is 9.90. The van der Waals surface area contributed by atoms with E-state index in [1.54, 1.807) is 0 Å². The first-order valence-corrected chi connectivity index (χ1v) is 5.77. The molecule has 0 fully saturated rings. The molecule has 0 saturated carbocycles. The summed E-state index contributed by atoms with van der Waals surface area (Å²) in [5.74, 6) is -0.0479. The number of aromatic hydroxyl groups is 1. The van der Waals surface area contributed by atoms with Gasteiger partial charge in [0.1, 0.15) is 11.4 Å². The van der Waals surface area contributed by atoms with Crippen LogP contribution in [0.3, 0.4) is 0 Å². The van der Waals surface area contributed by atoms with Gasteiger partial charge in [0.05, 0.1) is 9.97 Å². The Bertz CT molecular complexity index is 538. The van der Waals surface area contributed by atoms with Crippen molar-refractivity contribution in [2.45, 2.75) is 13.3 Å². The molecule has 0 radical (unpaired) electrons. The minimum atomic E-state index is -0.506. The Morgan fingerprint density at radius 2 is 2.29 bits per heavy atom. The number of hydrogen-bond acceptors (Lipinski definition) is 5. The summed E-state index contributed by atoms with van der Waals surface area (Å²) in [6.07, 6.45) is 2.73. The van der Waals surface area contributed by atoms with Gasteiger partial charge in [-0.15, -0.1) is 0 Å². The second kappa shape index (κ2) is 4.58. The van der Waals surface area contributed by atoms with Gasteiger partial charge in [0.15, 0.2) is 0 Å². The van der Waals surface area contributed by atoms with Crippen LogP contribution in [0.4, 0.5) is 11.4 Å². The van der Waals surface area contributed by atoms with Gasteiger partial charge in [-0.1, -0.05) is 17.8 Å². The van der Waals surface area contributed by atoms with Gasteiger partial charge in [-0.25, -0.2) is 4.99 Å². The minimum absolute atomic E-state index is 0.0479. The number of aliphatic imine (C=N–C) groups is 1. The molecule has 1 heterocycles. The molecule has 0 aliphatic carbocycles. The summed E-state index contributed by atoms with van der Waals surface area (Å²) in [4.78, 5) is 15.5. The average molecular weight is 250 g/mol. The molecule has 1 aromatic carbocycles. The zero-order chi connectivity index (χ0) is 12.4. The van der Waals surface area contributed by atoms with Crippen molar-refractivity contribution in [2.24, 2.45) is 4.99 Å². The van der Waals surface area contributed by atoms with Crippen LogP contribution in [0.2, 0.25) is 0 Å². The molecule has 0 saturated heterocycles. The summed E-state index contributed by atoms with van der Waals surface area (Å²) in [5.41, 5.74) is 0.166. The minimum Gasteiger partial charge on any atom is -0.506 e. The van der Waals surface area contributed by atoms with Crippen molar-refractivity contribution in [3.8, 4) is 5.75 Å². The molecule has 0 atom stereocenters. The molecule has 2 rings (SSSR count). The molecule has 1 aliphatic heterocycles. The van der Waals surface area contributed by atoms with E-state index in [9.17, 15) is 15.2 Å². The van der Waals surface area contributed by atoms with Gasteiger partial charge in [-0.3, -0.25) is 10.1 Å². The lowest BCUT2D eigenvalue weighted by atomic mass is 10.2. The first-order chi connectivity index (χ1) is 8.06. The number of nitro benzene ring substituents is 1. The highest BCUT2D eigenvalue weighted by molar-refractivity contribution is 8.17. The monoisotopic (exact) mass is 250 g/mol. The fourth-order valence-electron chi connectivity index (χ4n) is 1.42. The van der Waals surface area contributed by atoms with Crippen molar-refractivity contribution in [3.63, 3.8) is 0 Å². The first-order valence-electron chi connectivity index (χ1n) is 4.96. The van der Waals surface area contributed by atoms with Crippen LogP contribution in [0.25, 0.3) is 0 Å². The van der Waals surface area contributed by atoms with Crippen LogP contribution in [-0.4, -0.2) is 15.1 Å². The van der Waals surface area contributed by atoms with Gasteiger partial charge in [0.2, 0.25) is 0 Å². The Morgan fingerprint density at radius 3 is 2.88 bits per heavy atom. The van der Waals surface area contributed by atoms with Crippen molar-refractivity contribution in [1.82, 2.24) is 0 Å². The highest BCUT2D eigenvalue weighted by Gasteiger charge is 2.13. The maximum atomic E-state index is 10.6. The third-order valence-electron chi connectivity index (χ3n) is 2.26. The van der Waals surface area contributed by atoms with E-state index in [1.165, 1.54) is 30.0 Å². The largest absolute Gasteiger partial charge is 0.506 e. The first kappa shape index (κ1) is 11.7. The lowest BCUT2D eigenvalue weighted by molar-refractivity contribution is -0.384. The molecule has 17 heavy (non-hydrogen) atoms. The van der Waals surface area contributed by atoms with Gasteiger partial charge in [-0.2, -0.15) is 0 Å². The van der Waals surface area contributed by atoms with E-state index in [1.807, 2.05) is 13.0 Å². The van der Waals surface area contributed by atoms with E-state index < -0.39 is 4.92 Å². The topological polar surface area (TPSA) is 75.7 Å². The Labute approximate surface area is 102 Å². The van der Waals surface area contributed by atoms with Crippen LogP contribution in [0, 0.1) is 10.1 Å². The van der Waals surface area contributed by atoms with E-state index in [4.69, 9.17) is 0 Å². The highest BCUT2D eigenvalue weighted by atomic mass is 32.2. The maximum Gasteiger partial charge on any atom is 0.271 e. The van der Waals surface area contributed by atoms with E-state index in [0.717, 1.165) is 9.95 Å². The SMILES string of the molecule is CC1=CCC(=Nc2cc([N+](=O)[O-])ccc2O)S1. The summed E-state index contributed by atoms with van der Waals surface area (Å²) in [5, 5.41) is 21.0. The number of benzene rings is 1. The van der Waals surface area contributed by atoms with Crippen molar-refractivity contribution < 1.29 is 10.0 Å². The fraction of sp³-hybridized carbons (Fsp3) is 0.182. The number of nitrogens with zero attached hydrogens (tertiary/aromatic N) is 2. The molecule has 1 aromatic rings. The van der Waals surface area contributed by atoms with E-state index in [2.05, 4.69) is 4.99 Å². The molecule has 5 nitrogen and oxygen atoms in total. The van der Waals surface area contributed by atoms with Crippen molar-refractivity contribution in [3.05, 3.63) is 39.3 Å². The van der Waals surface area contributed by atoms with Gasteiger partial charge >= 0.3 is 0 Å². The molecular formula is C11H10N2O3S. The van der Waals surface area contributed by atoms with E-state index >= 15 is 0 Å². The molecule has 6 heteroatoms. The molecule has 1 aliphatic rings. The number of phenols is 1. The van der Waals surface area contributed by atoms with Crippen molar-refractivity contribution >= 4 is 28.2 Å². The average Bonchev–Trinajstić information content (AvgIpc) is 2.67. The van der Waals surface area contributed by atoms with Gasteiger partial charge < -0.3 is 5.11 Å². The molecule has 0 bridgehead atoms. The molecular weight excluding hydrogens is 240 g/mol. The Balaban J connectivity index is 2.32. The van der Waals surface area contributed by atoms with Crippen LogP contribution in [0.15, 0.2) is 34.2 Å². The highest BCUT2D eigenvalue weighted by Crippen LogP contribution is 2.34. The molecule has 88 valence electrons. The second-order valence-electron chi connectivity index (χ2n) is 3.56. The van der Waals surface area contributed by atoms with Crippen LogP contribution in [0.5, 0.6) is 5.75 Å². The summed E-state index contributed by atoms with van der Waals surface area (Å²) < 4.78 is 0. The number of hydrogen-bond donors (Lipinski definition) is 1. The van der Waals surface area contributed by atoms with E-state index in [-0.39, 0.29) is 17.1 Å². The summed E-state index contributed by atoms with van der Waals surface area (Å²) in [7, 11) is 0. The fourth-order valence-corrected chi connectivity index (χ4v) is 2.27. The predicted molar refractivity (Wildman–Crippen MR) is 67.8 cm³/mol. The standard InChI is InChI=1S/C11H10N2O3S/c1-7-2-5-11(17-7)12-9-6-8(13(15)16)3-4-10(9)14/h2-4,6,14H,5H2,1H3. The molecule has 0 amide bonds. The normalized spacial score (nSPS) is 17.2. The zero-order valence-electron chi connectivity index (χ0n) is 9.08. The predicted octanol–water partition coefficient (Wildman–Crippen LogP) is 3.37. The maximum absolute atomic E-state index is 10.6. The summed E-state index contributed by atoms with van der Waals surface area (Å²) >= 11 is 1.51. The van der Waals surface area contributed by atoms with Crippen LogP contribution in [-0.2, 0) is 0 Å². The van der Waals surface area contributed by atoms with Gasteiger partial charge in [0, 0.05) is 18.6 Å². The third-order valence-corrected chi connectivity index (χ3v) is 3.24. The number of nitro groups is 1. The number of non-ortho nitro benzene ring substituents is 1. The quantitative estimate of drug-likeness (QED) is 0.645. The van der Waals surface area contributed by atoms with Gasteiger partial charge in [-0.05, 0) is 17.9 Å². The lowest BCUT2D eigenvalue weighted by Gasteiger charge is -2.00. The Hall–Kier alpha value is -1.82. The number of allylic oxidation sites excluding steroid dienone is 2. The summed E-state index contributed by atoms with van der Waals surface area (Å²) in [6.45, 7) is 1.97. The number of phenolic OH excluding ortho intramolecular Hbond substituents is 1. The Kier molecular flexibility index (Phi) is 3.14. The summed E-state index contributed by atoms with van der Waals surface area (Å²) in [6, 6.07) is 3.82. The van der Waals surface area contributed by atoms with Crippen molar-refractivity contribution in [1.29, 1.82) is 0 Å². The molecule has 0 spiro atoms. The second-order valence-corrected chi connectivity index (χ2v) is 4.88. The third kappa shape index (κ3) is 2.65. The van der Waals surface area contributed by atoms with E-state index in [0.29, 0.717) is 6.42 Å². The number of rotatable bonds is 2. The van der Waals surface area contributed by atoms with Crippen LogP contribution in [0.1, 0.15) is 13.3 Å². The molecule has 0 aromatic heterocycles. The molecule has 0 unspecified atom stereocenters. The van der Waals surface area contributed by atoms with Crippen LogP contribution < -0.4 is 0 Å². The lowest BCUT2D eigenvalue weighted by Crippen LogP contribution is -1.88. The van der Waals surface area contributed by atoms with Crippen molar-refractivity contribution in [2.75, 3.05) is 0 Å². The smallest absolute Gasteiger partial charge is 0.271 e. The number of thioether (sulfide) groups is 1.